The summed E-state index contributed by atoms with van der Waals surface area (Å²) in [5.41, 5.74) is 6.21. The Kier molecular flexibility index (Phi) is 21.7. The number of hydrogen-bond acceptors (Lipinski definition) is 6. The number of ketones is 1. The molecular weight excluding hydrogens is 619 g/mol. The molecular formula is C43H65N5O2. The molecule has 50 heavy (non-hydrogen) atoms. The van der Waals surface area contributed by atoms with Gasteiger partial charge in [-0.3, -0.25) is 9.78 Å². The Bertz CT molecular complexity index is 1490. The molecule has 7 heteroatoms. The summed E-state index contributed by atoms with van der Waals surface area (Å²) < 4.78 is 6.15. The highest BCUT2D eigenvalue weighted by Crippen LogP contribution is 2.28. The molecule has 1 aromatic carbocycles. The van der Waals surface area contributed by atoms with E-state index in [0.717, 1.165) is 90.1 Å². The van der Waals surface area contributed by atoms with Crippen molar-refractivity contribution in [2.24, 2.45) is 10.9 Å². The number of anilines is 2. The number of aryl methyl sites for hydroxylation is 4. The number of hydrogen-bond donors (Lipinski definition) is 1. The van der Waals surface area contributed by atoms with E-state index in [1.807, 2.05) is 44.3 Å². The summed E-state index contributed by atoms with van der Waals surface area (Å²) in [6.45, 7) is 28.2. The average Bonchev–Trinajstić information content (AvgIpc) is 3.12. The lowest BCUT2D eigenvalue weighted by Crippen LogP contribution is -2.32. The first-order valence-electron chi connectivity index (χ1n) is 18.7. The fraction of sp³-hybridized carbons (Fsp3) is 0.488. The SMILES string of the molecule is C=CC(C)=O.CC.CCC/C=C/N=C(Nc1ccc(Oc2ccc(CC)nc2)c(C)c1)c1nc(N(CCCCC)CC(C)CC)c(C)cc1C. The van der Waals surface area contributed by atoms with E-state index in [2.05, 4.69) is 95.4 Å². The molecule has 2 heterocycles. The van der Waals surface area contributed by atoms with Gasteiger partial charge in [-0.05, 0) is 106 Å². The van der Waals surface area contributed by atoms with Crippen LogP contribution in [0.2, 0.25) is 0 Å². The number of carbonyl (C=O) groups excluding carboxylic acids is 1. The first-order valence-corrected chi connectivity index (χ1v) is 18.7. The van der Waals surface area contributed by atoms with Crippen molar-refractivity contribution in [2.45, 2.75) is 121 Å². The van der Waals surface area contributed by atoms with Gasteiger partial charge in [0, 0.05) is 30.7 Å². The number of amidine groups is 1. The summed E-state index contributed by atoms with van der Waals surface area (Å²) in [6.07, 6.45) is 14.8. The minimum atomic E-state index is 0.0185. The van der Waals surface area contributed by atoms with Gasteiger partial charge in [0.1, 0.15) is 23.0 Å². The van der Waals surface area contributed by atoms with Crippen molar-refractivity contribution < 1.29 is 9.53 Å². The maximum Gasteiger partial charge on any atom is 0.156 e. The van der Waals surface area contributed by atoms with Crippen LogP contribution < -0.4 is 15.0 Å². The molecule has 0 saturated heterocycles. The summed E-state index contributed by atoms with van der Waals surface area (Å²) in [4.78, 5) is 26.9. The first-order chi connectivity index (χ1) is 24.1. The molecule has 7 nitrogen and oxygen atoms in total. The summed E-state index contributed by atoms with van der Waals surface area (Å²) in [6, 6.07) is 12.4. The van der Waals surface area contributed by atoms with Gasteiger partial charge < -0.3 is 15.0 Å². The molecule has 2 aromatic heterocycles. The number of carbonyl (C=O) groups is 1. The predicted molar refractivity (Wildman–Crippen MR) is 216 cm³/mol. The van der Waals surface area contributed by atoms with Crippen LogP contribution in [0.4, 0.5) is 11.5 Å². The summed E-state index contributed by atoms with van der Waals surface area (Å²) in [7, 11) is 0. The molecule has 1 N–H and O–H groups in total. The minimum absolute atomic E-state index is 0.0185. The van der Waals surface area contributed by atoms with Crippen LogP contribution in [0.15, 0.2) is 72.5 Å². The molecule has 3 aromatic rings. The maximum absolute atomic E-state index is 9.69. The van der Waals surface area contributed by atoms with E-state index >= 15 is 0 Å². The van der Waals surface area contributed by atoms with E-state index in [-0.39, 0.29) is 5.78 Å². The van der Waals surface area contributed by atoms with Gasteiger partial charge in [-0.1, -0.05) is 92.9 Å². The molecule has 0 saturated carbocycles. The summed E-state index contributed by atoms with van der Waals surface area (Å²) in [5.74, 6) is 3.96. The predicted octanol–water partition coefficient (Wildman–Crippen LogP) is 11.8. The van der Waals surface area contributed by atoms with Crippen molar-refractivity contribution in [2.75, 3.05) is 23.3 Å². The van der Waals surface area contributed by atoms with Gasteiger partial charge in [-0.25, -0.2) is 9.98 Å². The highest BCUT2D eigenvalue weighted by molar-refractivity contribution is 6.08. The number of aliphatic imine (C=N–C) groups is 1. The molecule has 0 aliphatic heterocycles. The van der Waals surface area contributed by atoms with E-state index < -0.39 is 0 Å². The summed E-state index contributed by atoms with van der Waals surface area (Å²) >= 11 is 0. The molecule has 0 spiro atoms. The van der Waals surface area contributed by atoms with E-state index in [1.54, 1.807) is 6.20 Å². The Hall–Kier alpha value is -4.26. The lowest BCUT2D eigenvalue weighted by atomic mass is 10.1. The Morgan fingerprint density at radius 1 is 1.00 bits per heavy atom. The Balaban J connectivity index is 0.00000163. The third kappa shape index (κ3) is 15.5. The molecule has 274 valence electrons. The second kappa shape index (κ2) is 24.8. The van der Waals surface area contributed by atoms with Crippen molar-refractivity contribution in [1.82, 2.24) is 9.97 Å². The van der Waals surface area contributed by atoms with Crippen molar-refractivity contribution in [3.63, 3.8) is 0 Å². The van der Waals surface area contributed by atoms with Crippen LogP contribution in [0, 0.1) is 26.7 Å². The zero-order valence-corrected chi connectivity index (χ0v) is 33.0. The van der Waals surface area contributed by atoms with Gasteiger partial charge in [0.25, 0.3) is 0 Å². The van der Waals surface area contributed by atoms with Crippen LogP contribution in [-0.4, -0.2) is 34.7 Å². The molecule has 0 aliphatic rings. The van der Waals surface area contributed by atoms with Crippen molar-refractivity contribution in [3.8, 4) is 11.5 Å². The quantitative estimate of drug-likeness (QED) is 0.0660. The van der Waals surface area contributed by atoms with Crippen LogP contribution >= 0.6 is 0 Å². The topological polar surface area (TPSA) is 79.7 Å². The first kappa shape index (κ1) is 43.8. The third-order valence-electron chi connectivity index (χ3n) is 8.04. The van der Waals surface area contributed by atoms with Crippen LogP contribution in [-0.2, 0) is 11.2 Å². The number of nitrogens with zero attached hydrogens (tertiary/aromatic N) is 4. The fourth-order valence-electron chi connectivity index (χ4n) is 4.95. The van der Waals surface area contributed by atoms with Gasteiger partial charge in [-0.2, -0.15) is 0 Å². The zero-order valence-electron chi connectivity index (χ0n) is 33.0. The number of allylic oxidation sites excluding steroid dienone is 2. The van der Waals surface area contributed by atoms with Gasteiger partial charge in [-0.15, -0.1) is 0 Å². The normalized spacial score (nSPS) is 11.5. The number of benzene rings is 1. The van der Waals surface area contributed by atoms with Crippen LogP contribution in [0.25, 0.3) is 0 Å². The molecule has 0 fully saturated rings. The molecule has 0 aliphatic carbocycles. The van der Waals surface area contributed by atoms with Crippen LogP contribution in [0.5, 0.6) is 11.5 Å². The Morgan fingerprint density at radius 2 is 1.72 bits per heavy atom. The molecule has 1 unspecified atom stereocenters. The Labute approximate surface area is 304 Å². The van der Waals surface area contributed by atoms with Gasteiger partial charge in [0.15, 0.2) is 11.6 Å². The maximum atomic E-state index is 9.69. The zero-order chi connectivity index (χ0) is 37.5. The molecule has 0 bridgehead atoms. The molecule has 0 amide bonds. The highest BCUT2D eigenvalue weighted by atomic mass is 16.5. The molecule has 0 radical (unpaired) electrons. The summed E-state index contributed by atoms with van der Waals surface area (Å²) in [5, 5.41) is 3.60. The Morgan fingerprint density at radius 3 is 2.28 bits per heavy atom. The number of pyridine rings is 2. The third-order valence-corrected chi connectivity index (χ3v) is 8.04. The van der Waals surface area contributed by atoms with E-state index in [0.29, 0.717) is 5.92 Å². The molecule has 1 atom stereocenters. The van der Waals surface area contributed by atoms with Crippen molar-refractivity contribution >= 4 is 23.1 Å². The van der Waals surface area contributed by atoms with Crippen LogP contribution in [0.3, 0.4) is 0 Å². The smallest absolute Gasteiger partial charge is 0.156 e. The monoisotopic (exact) mass is 684 g/mol. The van der Waals surface area contributed by atoms with Crippen molar-refractivity contribution in [3.05, 3.63) is 95.6 Å². The second-order valence-corrected chi connectivity index (χ2v) is 12.5. The minimum Gasteiger partial charge on any atom is -0.455 e. The average molecular weight is 684 g/mol. The largest absolute Gasteiger partial charge is 0.455 e. The number of unbranched alkanes of at least 4 members (excludes halogenated alkanes) is 3. The van der Waals surface area contributed by atoms with Gasteiger partial charge >= 0.3 is 0 Å². The lowest BCUT2D eigenvalue weighted by Gasteiger charge is -2.29. The molecule has 3 rings (SSSR count). The van der Waals surface area contributed by atoms with E-state index in [9.17, 15) is 4.79 Å². The van der Waals surface area contributed by atoms with Gasteiger partial charge in [0.2, 0.25) is 0 Å². The lowest BCUT2D eigenvalue weighted by molar-refractivity contribution is -0.112. The number of rotatable bonds is 17. The number of ether oxygens (including phenoxy) is 1. The van der Waals surface area contributed by atoms with Crippen molar-refractivity contribution in [1.29, 1.82) is 0 Å². The second-order valence-electron chi connectivity index (χ2n) is 12.5. The number of nitrogens with one attached hydrogen (secondary N) is 1. The fourth-order valence-corrected chi connectivity index (χ4v) is 4.95. The highest BCUT2D eigenvalue weighted by Gasteiger charge is 2.19. The van der Waals surface area contributed by atoms with Crippen LogP contribution in [0.1, 0.15) is 122 Å². The number of aromatic nitrogens is 2. The standard InChI is InChI=1S/C37H53N5O.C4H6O.C2H6/c1-9-13-15-21-38-36(40-32-18-20-34(28(6)24-32)43-33-19-17-31(12-4)39-25-33)35-29(7)23-30(8)37(41-35)42(22-16-14-10-2)26-27(5)11-3;1-3-4(2)5;1-2/h15,17-21,23-25,27H,9-14,16,22,26H2,1-8H3,(H,38,40);3H,1H2,2H3;1-2H3/b21-15+;;. The van der Waals surface area contributed by atoms with Gasteiger partial charge in [0.05, 0.1) is 6.20 Å². The van der Waals surface area contributed by atoms with E-state index in [4.69, 9.17) is 14.7 Å². The van der Waals surface area contributed by atoms with E-state index in [1.165, 1.54) is 37.8 Å².